The van der Waals surface area contributed by atoms with Crippen LogP contribution in [0.25, 0.3) is 22.4 Å². The Labute approximate surface area is 110 Å². The van der Waals surface area contributed by atoms with Crippen molar-refractivity contribution < 1.29 is 9.21 Å². The molecule has 2 aromatic heterocycles. The molecule has 0 radical (unpaired) electrons. The number of para-hydroxylation sites is 1. The number of Topliss-reactive ketones (excluding diaryl/α,β-unsaturated/α-hetero) is 1. The molecule has 0 saturated heterocycles. The first-order valence-electron chi connectivity index (χ1n) is 6.53. The Morgan fingerprint density at radius 2 is 2.00 bits per heavy atom. The minimum atomic E-state index is 0.202. The van der Waals surface area contributed by atoms with Gasteiger partial charge in [0.1, 0.15) is 0 Å². The van der Waals surface area contributed by atoms with Crippen LogP contribution in [-0.2, 0) is 0 Å². The van der Waals surface area contributed by atoms with Crippen molar-refractivity contribution in [3.8, 4) is 11.5 Å². The van der Waals surface area contributed by atoms with Crippen molar-refractivity contribution in [1.82, 2.24) is 4.98 Å². The van der Waals surface area contributed by atoms with E-state index in [0.29, 0.717) is 0 Å². The molecule has 0 amide bonds. The van der Waals surface area contributed by atoms with Crippen molar-refractivity contribution in [2.45, 2.75) is 12.8 Å². The number of benzene rings is 1. The van der Waals surface area contributed by atoms with Crippen LogP contribution in [-0.4, -0.2) is 10.8 Å². The summed E-state index contributed by atoms with van der Waals surface area (Å²) in [5.74, 6) is 1.16. The minimum absolute atomic E-state index is 0.202. The first-order valence-corrected chi connectivity index (χ1v) is 6.53. The van der Waals surface area contributed by atoms with E-state index in [1.54, 1.807) is 6.26 Å². The lowest BCUT2D eigenvalue weighted by molar-refractivity contribution is 0.0970. The predicted molar refractivity (Wildman–Crippen MR) is 73.1 cm³/mol. The van der Waals surface area contributed by atoms with Crippen molar-refractivity contribution >= 4 is 16.7 Å². The smallest absolute Gasteiger partial charge is 0.168 e. The summed E-state index contributed by atoms with van der Waals surface area (Å²) in [5.41, 5.74) is 2.58. The van der Waals surface area contributed by atoms with Gasteiger partial charge in [-0.25, -0.2) is 0 Å². The third kappa shape index (κ3) is 1.62. The monoisotopic (exact) mass is 251 g/mol. The second kappa shape index (κ2) is 3.85. The molecule has 4 rings (SSSR count). The van der Waals surface area contributed by atoms with E-state index >= 15 is 0 Å². The molecule has 0 atom stereocenters. The van der Waals surface area contributed by atoms with E-state index < -0.39 is 0 Å². The summed E-state index contributed by atoms with van der Waals surface area (Å²) in [4.78, 5) is 15.9. The summed E-state index contributed by atoms with van der Waals surface area (Å²) in [7, 11) is 0. The molecule has 0 aliphatic heterocycles. The van der Waals surface area contributed by atoms with Crippen molar-refractivity contribution in [1.29, 1.82) is 0 Å². The Morgan fingerprint density at radius 1 is 1.16 bits per heavy atom. The molecule has 2 heterocycles. The number of nitrogens with one attached hydrogen (secondary N) is 1. The number of ketones is 1. The Kier molecular flexibility index (Phi) is 2.15. The van der Waals surface area contributed by atoms with Gasteiger partial charge in [0, 0.05) is 16.8 Å². The van der Waals surface area contributed by atoms with Gasteiger partial charge in [0.25, 0.3) is 0 Å². The van der Waals surface area contributed by atoms with E-state index in [1.165, 1.54) is 0 Å². The fourth-order valence-corrected chi connectivity index (χ4v) is 2.55. The van der Waals surface area contributed by atoms with Gasteiger partial charge in [-0.15, -0.1) is 0 Å². The van der Waals surface area contributed by atoms with E-state index in [0.717, 1.165) is 40.8 Å². The molecular formula is C16H13NO2. The van der Waals surface area contributed by atoms with Crippen LogP contribution in [0.1, 0.15) is 23.2 Å². The summed E-state index contributed by atoms with van der Waals surface area (Å²) in [6, 6.07) is 11.6. The van der Waals surface area contributed by atoms with E-state index in [9.17, 15) is 4.79 Å². The number of aromatic nitrogens is 1. The first kappa shape index (κ1) is 10.6. The largest absolute Gasteiger partial charge is 0.463 e. The lowest BCUT2D eigenvalue weighted by atomic mass is 10.0. The first-order chi connectivity index (χ1) is 9.34. The third-order valence-electron chi connectivity index (χ3n) is 3.67. The Bertz CT molecular complexity index is 748. The second-order valence-corrected chi connectivity index (χ2v) is 5.04. The van der Waals surface area contributed by atoms with Gasteiger partial charge in [-0.2, -0.15) is 0 Å². The van der Waals surface area contributed by atoms with Gasteiger partial charge in [0.15, 0.2) is 11.5 Å². The van der Waals surface area contributed by atoms with Crippen LogP contribution in [0.15, 0.2) is 47.1 Å². The molecular weight excluding hydrogens is 238 g/mol. The van der Waals surface area contributed by atoms with Gasteiger partial charge in [-0.3, -0.25) is 4.79 Å². The normalized spacial score (nSPS) is 14.9. The highest BCUT2D eigenvalue weighted by atomic mass is 16.3. The number of hydrogen-bond acceptors (Lipinski definition) is 2. The maximum absolute atomic E-state index is 12.5. The van der Waals surface area contributed by atoms with Crippen LogP contribution in [0.4, 0.5) is 0 Å². The molecule has 3 aromatic rings. The number of aromatic amines is 1. The zero-order valence-corrected chi connectivity index (χ0v) is 10.3. The molecule has 1 aliphatic rings. The van der Waals surface area contributed by atoms with Crippen molar-refractivity contribution in [3.63, 3.8) is 0 Å². The lowest BCUT2D eigenvalue weighted by Crippen LogP contribution is -2.02. The SMILES string of the molecule is O=C(c1c(-c2ccco2)[nH]c2ccccc12)C1CC1. The molecule has 19 heavy (non-hydrogen) atoms. The lowest BCUT2D eigenvalue weighted by Gasteiger charge is -2.00. The second-order valence-electron chi connectivity index (χ2n) is 5.04. The van der Waals surface area contributed by atoms with E-state index in [2.05, 4.69) is 4.98 Å². The number of furan rings is 1. The molecule has 0 spiro atoms. The molecule has 0 unspecified atom stereocenters. The van der Waals surface area contributed by atoms with Gasteiger partial charge in [0.05, 0.1) is 17.5 Å². The van der Waals surface area contributed by atoms with Gasteiger partial charge < -0.3 is 9.40 Å². The van der Waals surface area contributed by atoms with Crippen LogP contribution < -0.4 is 0 Å². The number of carbonyl (C=O) groups excluding carboxylic acids is 1. The molecule has 1 saturated carbocycles. The van der Waals surface area contributed by atoms with Crippen LogP contribution in [0.5, 0.6) is 0 Å². The van der Waals surface area contributed by atoms with Crippen LogP contribution in [0.3, 0.4) is 0 Å². The standard InChI is InChI=1S/C16H13NO2/c18-16(10-7-8-10)14-11-4-1-2-5-12(11)17-15(14)13-6-3-9-19-13/h1-6,9-10,17H,7-8H2. The van der Waals surface area contributed by atoms with Gasteiger partial charge in [-0.1, -0.05) is 18.2 Å². The summed E-state index contributed by atoms with van der Waals surface area (Å²) >= 11 is 0. The predicted octanol–water partition coefficient (Wildman–Crippen LogP) is 4.02. The van der Waals surface area contributed by atoms with Crippen molar-refractivity contribution in [3.05, 3.63) is 48.2 Å². The van der Waals surface area contributed by atoms with E-state index in [1.807, 2.05) is 36.4 Å². The number of rotatable bonds is 3. The molecule has 0 bridgehead atoms. The van der Waals surface area contributed by atoms with Gasteiger partial charge in [0.2, 0.25) is 0 Å². The topological polar surface area (TPSA) is 46.0 Å². The average Bonchev–Trinajstić information content (AvgIpc) is 3.01. The average molecular weight is 251 g/mol. The molecule has 1 N–H and O–H groups in total. The number of fused-ring (bicyclic) bond motifs is 1. The van der Waals surface area contributed by atoms with E-state index in [4.69, 9.17) is 4.42 Å². The van der Waals surface area contributed by atoms with Crippen LogP contribution in [0.2, 0.25) is 0 Å². The molecule has 3 heteroatoms. The maximum atomic E-state index is 12.5. The fraction of sp³-hybridized carbons (Fsp3) is 0.188. The number of carbonyl (C=O) groups is 1. The summed E-state index contributed by atoms with van der Waals surface area (Å²) < 4.78 is 5.46. The minimum Gasteiger partial charge on any atom is -0.463 e. The third-order valence-corrected chi connectivity index (χ3v) is 3.67. The number of H-pyrrole nitrogens is 1. The quantitative estimate of drug-likeness (QED) is 0.714. The van der Waals surface area contributed by atoms with Gasteiger partial charge >= 0.3 is 0 Å². The number of hydrogen-bond donors (Lipinski definition) is 1. The molecule has 1 fully saturated rings. The zero-order chi connectivity index (χ0) is 12.8. The zero-order valence-electron chi connectivity index (χ0n) is 10.3. The van der Waals surface area contributed by atoms with E-state index in [-0.39, 0.29) is 11.7 Å². The highest BCUT2D eigenvalue weighted by Crippen LogP contribution is 2.38. The Morgan fingerprint density at radius 3 is 2.74 bits per heavy atom. The molecule has 1 aliphatic carbocycles. The van der Waals surface area contributed by atoms with Gasteiger partial charge in [-0.05, 0) is 31.0 Å². The molecule has 1 aromatic carbocycles. The highest BCUT2D eigenvalue weighted by molar-refractivity contribution is 6.14. The van der Waals surface area contributed by atoms with Crippen LogP contribution in [0, 0.1) is 5.92 Å². The summed E-state index contributed by atoms with van der Waals surface area (Å²) in [5, 5.41) is 0.991. The van der Waals surface area contributed by atoms with Crippen LogP contribution >= 0.6 is 0 Å². The fourth-order valence-electron chi connectivity index (χ4n) is 2.55. The van der Waals surface area contributed by atoms with Crippen molar-refractivity contribution in [2.24, 2.45) is 5.92 Å². The summed E-state index contributed by atoms with van der Waals surface area (Å²) in [6.45, 7) is 0. The summed E-state index contributed by atoms with van der Waals surface area (Å²) in [6.07, 6.45) is 3.65. The highest BCUT2D eigenvalue weighted by Gasteiger charge is 2.34. The molecule has 3 nitrogen and oxygen atoms in total. The Hall–Kier alpha value is -2.29. The Balaban J connectivity index is 2.00. The maximum Gasteiger partial charge on any atom is 0.168 e. The van der Waals surface area contributed by atoms with Crippen molar-refractivity contribution in [2.75, 3.05) is 0 Å². The molecule has 94 valence electrons.